The Bertz CT molecular complexity index is 1200. The molecular formula is C20H14ClF3N4O2. The minimum atomic E-state index is -1.70. The second-order valence-electron chi connectivity index (χ2n) is 6.76. The lowest BCUT2D eigenvalue weighted by molar-refractivity contribution is -0.125. The molecule has 30 heavy (non-hydrogen) atoms. The third kappa shape index (κ3) is 3.41. The summed E-state index contributed by atoms with van der Waals surface area (Å²) in [5.41, 5.74) is 1.26. The van der Waals surface area contributed by atoms with Crippen LogP contribution in [0.5, 0.6) is 0 Å². The van der Waals surface area contributed by atoms with Crippen molar-refractivity contribution in [2.75, 3.05) is 10.6 Å². The summed E-state index contributed by atoms with van der Waals surface area (Å²) in [6.07, 6.45) is -0.264. The number of nitrogens with one attached hydrogen (secondary N) is 2. The number of anilines is 2. The quantitative estimate of drug-likeness (QED) is 0.598. The summed E-state index contributed by atoms with van der Waals surface area (Å²) in [5, 5.41) is 9.82. The summed E-state index contributed by atoms with van der Waals surface area (Å²) in [7, 11) is 0. The molecule has 0 bridgehead atoms. The molecule has 1 unspecified atom stereocenters. The van der Waals surface area contributed by atoms with Gasteiger partial charge in [0.1, 0.15) is 11.9 Å². The standard InChI is InChI=1S/C20H14ClF3N4O2/c1-9-18(10-3-2-4-11(21)7-10)27-28-14(8-15(29)26-19(9)28)20(30)25-13-6-5-12(22)16(23)17(13)24/h2-7,14H,8H2,1H3,(H,25,30)(H,26,29). The number of hydrogen-bond acceptors (Lipinski definition) is 3. The minimum absolute atomic E-state index is 0.264. The smallest absolute Gasteiger partial charge is 0.249 e. The number of carbonyl (C=O) groups excluding carboxylic acids is 2. The first-order valence-electron chi connectivity index (χ1n) is 8.85. The van der Waals surface area contributed by atoms with Crippen LogP contribution in [-0.2, 0) is 9.59 Å². The molecule has 0 spiro atoms. The van der Waals surface area contributed by atoms with Crippen molar-refractivity contribution in [1.82, 2.24) is 9.78 Å². The zero-order valence-electron chi connectivity index (χ0n) is 15.5. The molecule has 10 heteroatoms. The van der Waals surface area contributed by atoms with E-state index in [0.29, 0.717) is 33.7 Å². The zero-order chi connectivity index (χ0) is 21.6. The third-order valence-electron chi connectivity index (χ3n) is 4.77. The van der Waals surface area contributed by atoms with Crippen LogP contribution in [0.4, 0.5) is 24.7 Å². The zero-order valence-corrected chi connectivity index (χ0v) is 16.2. The van der Waals surface area contributed by atoms with E-state index in [1.165, 1.54) is 4.68 Å². The summed E-state index contributed by atoms with van der Waals surface area (Å²) in [6, 6.07) is 7.39. The molecule has 0 fully saturated rings. The van der Waals surface area contributed by atoms with Crippen LogP contribution in [-0.4, -0.2) is 21.6 Å². The normalized spacial score (nSPS) is 15.5. The lowest BCUT2D eigenvalue weighted by Crippen LogP contribution is -2.36. The molecule has 0 saturated heterocycles. The van der Waals surface area contributed by atoms with Crippen molar-refractivity contribution < 1.29 is 22.8 Å². The Morgan fingerprint density at radius 1 is 1.23 bits per heavy atom. The highest BCUT2D eigenvalue weighted by molar-refractivity contribution is 6.30. The van der Waals surface area contributed by atoms with Gasteiger partial charge in [0.05, 0.1) is 17.8 Å². The van der Waals surface area contributed by atoms with Gasteiger partial charge in [-0.15, -0.1) is 0 Å². The number of carbonyl (C=O) groups is 2. The Hall–Kier alpha value is -3.33. The Morgan fingerprint density at radius 3 is 2.73 bits per heavy atom. The number of benzene rings is 2. The van der Waals surface area contributed by atoms with Gasteiger partial charge in [0.25, 0.3) is 0 Å². The molecule has 3 aromatic rings. The Balaban J connectivity index is 1.71. The van der Waals surface area contributed by atoms with Crippen LogP contribution in [0.25, 0.3) is 11.3 Å². The van der Waals surface area contributed by atoms with Crippen molar-refractivity contribution in [2.45, 2.75) is 19.4 Å². The van der Waals surface area contributed by atoms with Gasteiger partial charge >= 0.3 is 0 Å². The van der Waals surface area contributed by atoms with Gasteiger partial charge in [-0.25, -0.2) is 17.9 Å². The average molecular weight is 435 g/mol. The second-order valence-corrected chi connectivity index (χ2v) is 7.19. The molecule has 2 amide bonds. The van der Waals surface area contributed by atoms with Gasteiger partial charge in [-0.2, -0.15) is 5.10 Å². The monoisotopic (exact) mass is 434 g/mol. The SMILES string of the molecule is Cc1c(-c2cccc(Cl)c2)nn2c1NC(=O)CC2C(=O)Nc1ccc(F)c(F)c1F. The van der Waals surface area contributed by atoms with Gasteiger partial charge in [0.2, 0.25) is 11.8 Å². The van der Waals surface area contributed by atoms with Gasteiger partial charge in [0, 0.05) is 16.1 Å². The maximum absolute atomic E-state index is 13.9. The minimum Gasteiger partial charge on any atom is -0.322 e. The number of aromatic nitrogens is 2. The van der Waals surface area contributed by atoms with E-state index in [-0.39, 0.29) is 6.42 Å². The van der Waals surface area contributed by atoms with Gasteiger partial charge in [-0.1, -0.05) is 23.7 Å². The summed E-state index contributed by atoms with van der Waals surface area (Å²) in [4.78, 5) is 25.0. The maximum Gasteiger partial charge on any atom is 0.249 e. The summed E-state index contributed by atoms with van der Waals surface area (Å²) < 4.78 is 41.9. The average Bonchev–Trinajstić information content (AvgIpc) is 3.04. The Kier molecular flexibility index (Phi) is 4.98. The van der Waals surface area contributed by atoms with Gasteiger partial charge in [-0.3, -0.25) is 9.59 Å². The predicted molar refractivity (Wildman–Crippen MR) is 105 cm³/mol. The molecule has 1 aliphatic heterocycles. The molecule has 2 N–H and O–H groups in total. The van der Waals surface area contributed by atoms with Crippen molar-refractivity contribution in [2.24, 2.45) is 0 Å². The van der Waals surface area contributed by atoms with Gasteiger partial charge in [0.15, 0.2) is 17.5 Å². The lowest BCUT2D eigenvalue weighted by Gasteiger charge is -2.24. The van der Waals surface area contributed by atoms with Gasteiger partial charge in [-0.05, 0) is 31.2 Å². The molecule has 1 aromatic heterocycles. The van der Waals surface area contributed by atoms with Crippen LogP contribution in [0.2, 0.25) is 5.02 Å². The molecule has 6 nitrogen and oxygen atoms in total. The maximum atomic E-state index is 13.9. The molecule has 0 radical (unpaired) electrons. The van der Waals surface area contributed by atoms with E-state index in [2.05, 4.69) is 15.7 Å². The number of nitrogens with zero attached hydrogens (tertiary/aromatic N) is 2. The fourth-order valence-corrected chi connectivity index (χ4v) is 3.48. The number of fused-ring (bicyclic) bond motifs is 1. The molecule has 1 atom stereocenters. The van der Waals surface area contributed by atoms with Gasteiger partial charge < -0.3 is 10.6 Å². The molecule has 1 aliphatic rings. The van der Waals surface area contributed by atoms with E-state index in [0.717, 1.165) is 6.07 Å². The van der Waals surface area contributed by atoms with E-state index in [9.17, 15) is 22.8 Å². The fraction of sp³-hybridized carbons (Fsp3) is 0.150. The van der Waals surface area contributed by atoms with Crippen molar-refractivity contribution in [1.29, 1.82) is 0 Å². The summed E-state index contributed by atoms with van der Waals surface area (Å²) >= 11 is 6.04. The molecule has 154 valence electrons. The number of rotatable bonds is 3. The highest BCUT2D eigenvalue weighted by atomic mass is 35.5. The number of amides is 2. The third-order valence-corrected chi connectivity index (χ3v) is 5.01. The van der Waals surface area contributed by atoms with Crippen molar-refractivity contribution >= 4 is 34.9 Å². The highest BCUT2D eigenvalue weighted by Crippen LogP contribution is 2.35. The van der Waals surface area contributed by atoms with Crippen LogP contribution in [0.15, 0.2) is 36.4 Å². The van der Waals surface area contributed by atoms with Crippen LogP contribution in [0.3, 0.4) is 0 Å². The molecule has 2 aromatic carbocycles. The van der Waals surface area contributed by atoms with E-state index in [1.54, 1.807) is 31.2 Å². The number of hydrogen-bond donors (Lipinski definition) is 2. The molecule has 2 heterocycles. The highest BCUT2D eigenvalue weighted by Gasteiger charge is 2.34. The van der Waals surface area contributed by atoms with Crippen LogP contribution < -0.4 is 10.6 Å². The fourth-order valence-electron chi connectivity index (χ4n) is 3.29. The molecular weight excluding hydrogens is 421 g/mol. The topological polar surface area (TPSA) is 76.0 Å². The molecule has 0 aliphatic carbocycles. The largest absolute Gasteiger partial charge is 0.322 e. The van der Waals surface area contributed by atoms with Crippen LogP contribution >= 0.6 is 11.6 Å². The van der Waals surface area contributed by atoms with E-state index in [1.807, 2.05) is 0 Å². The first kappa shape index (κ1) is 20.0. The number of halogens is 4. The molecule has 4 rings (SSSR count). The van der Waals surface area contributed by atoms with E-state index >= 15 is 0 Å². The second kappa shape index (κ2) is 7.49. The van der Waals surface area contributed by atoms with Crippen LogP contribution in [0, 0.1) is 24.4 Å². The van der Waals surface area contributed by atoms with Crippen LogP contribution in [0.1, 0.15) is 18.0 Å². The van der Waals surface area contributed by atoms with Crippen molar-refractivity contribution in [3.63, 3.8) is 0 Å². The van der Waals surface area contributed by atoms with Crippen molar-refractivity contribution in [3.05, 3.63) is 64.4 Å². The first-order valence-corrected chi connectivity index (χ1v) is 9.23. The summed E-state index contributed by atoms with van der Waals surface area (Å²) in [6.45, 7) is 1.73. The lowest BCUT2D eigenvalue weighted by atomic mass is 10.1. The Labute approximate surface area is 173 Å². The van der Waals surface area contributed by atoms with E-state index in [4.69, 9.17) is 11.6 Å². The Morgan fingerprint density at radius 2 is 2.00 bits per heavy atom. The molecule has 0 saturated carbocycles. The first-order chi connectivity index (χ1) is 14.3. The predicted octanol–water partition coefficient (Wildman–Crippen LogP) is 4.45. The van der Waals surface area contributed by atoms with Crippen molar-refractivity contribution in [3.8, 4) is 11.3 Å². The summed E-state index contributed by atoms with van der Waals surface area (Å²) in [5.74, 6) is -5.52. The van der Waals surface area contributed by atoms with E-state index < -0.39 is 41.0 Å².